The van der Waals surface area contributed by atoms with E-state index in [1.165, 1.54) is 38.5 Å². The van der Waals surface area contributed by atoms with Gasteiger partial charge in [0.1, 0.15) is 0 Å². The minimum Gasteiger partial charge on any atom is -0.0594 e. The van der Waals surface area contributed by atoms with Crippen molar-refractivity contribution in [2.75, 3.05) is 0 Å². The Hall–Kier alpha value is 0. The average molecular weight is 180 g/mol. The van der Waals surface area contributed by atoms with Crippen LogP contribution >= 0.6 is 0 Å². The first-order chi connectivity index (χ1) is 5.91. The van der Waals surface area contributed by atoms with Crippen molar-refractivity contribution in [3.05, 3.63) is 0 Å². The number of rotatable bonds is 0. The molecule has 0 unspecified atom stereocenters. The summed E-state index contributed by atoms with van der Waals surface area (Å²) in [7, 11) is 0. The lowest BCUT2D eigenvalue weighted by atomic mass is 9.59. The molecule has 0 atom stereocenters. The molecule has 0 nitrogen and oxygen atoms in total. The second-order valence-corrected chi connectivity index (χ2v) is 6.50. The van der Waals surface area contributed by atoms with Crippen LogP contribution in [0.2, 0.25) is 0 Å². The third-order valence-electron chi connectivity index (χ3n) is 5.81. The fourth-order valence-corrected chi connectivity index (χ4v) is 3.82. The maximum Gasteiger partial charge on any atom is -0.0241 e. The van der Waals surface area contributed by atoms with Gasteiger partial charge < -0.3 is 0 Å². The van der Waals surface area contributed by atoms with Crippen LogP contribution < -0.4 is 0 Å². The Morgan fingerprint density at radius 1 is 0.692 bits per heavy atom. The zero-order chi connectivity index (χ0) is 9.74. The Balaban J connectivity index is 2.33. The van der Waals surface area contributed by atoms with Crippen molar-refractivity contribution < 1.29 is 0 Å². The second-order valence-electron chi connectivity index (χ2n) is 6.50. The molecule has 0 heterocycles. The van der Waals surface area contributed by atoms with Gasteiger partial charge in [-0.3, -0.25) is 0 Å². The molecular weight excluding hydrogens is 156 g/mol. The van der Waals surface area contributed by atoms with Crippen molar-refractivity contribution in [1.82, 2.24) is 0 Å². The lowest BCUT2D eigenvalue weighted by Gasteiger charge is -2.46. The molecule has 0 radical (unpaired) electrons. The molecule has 0 N–H and O–H groups in total. The maximum absolute atomic E-state index is 2.52. The van der Waals surface area contributed by atoms with E-state index >= 15 is 0 Å². The molecule has 0 aromatic rings. The SMILES string of the molecule is CC1(C)CCC2(CCCC2)C1(C)C. The predicted molar refractivity (Wildman–Crippen MR) is 57.7 cm³/mol. The van der Waals surface area contributed by atoms with Gasteiger partial charge in [-0.25, -0.2) is 0 Å². The van der Waals surface area contributed by atoms with Gasteiger partial charge in [-0.05, 0) is 41.9 Å². The summed E-state index contributed by atoms with van der Waals surface area (Å²) in [5.74, 6) is 0. The van der Waals surface area contributed by atoms with Crippen molar-refractivity contribution in [3.63, 3.8) is 0 Å². The summed E-state index contributed by atoms with van der Waals surface area (Å²) in [6, 6.07) is 0. The first-order valence-corrected chi connectivity index (χ1v) is 5.91. The Kier molecular flexibility index (Phi) is 1.85. The Labute approximate surface area is 83.1 Å². The van der Waals surface area contributed by atoms with Crippen LogP contribution in [0.25, 0.3) is 0 Å². The summed E-state index contributed by atoms with van der Waals surface area (Å²) >= 11 is 0. The van der Waals surface area contributed by atoms with Gasteiger partial charge in [0.05, 0.1) is 0 Å². The van der Waals surface area contributed by atoms with Crippen LogP contribution in [-0.2, 0) is 0 Å². The van der Waals surface area contributed by atoms with E-state index in [1.807, 2.05) is 0 Å². The van der Waals surface area contributed by atoms with Crippen LogP contribution in [0.3, 0.4) is 0 Å². The van der Waals surface area contributed by atoms with Crippen LogP contribution in [-0.4, -0.2) is 0 Å². The van der Waals surface area contributed by atoms with Crippen LogP contribution in [0.4, 0.5) is 0 Å². The Morgan fingerprint density at radius 2 is 1.23 bits per heavy atom. The molecule has 0 aliphatic heterocycles. The zero-order valence-corrected chi connectivity index (χ0v) is 9.74. The molecule has 13 heavy (non-hydrogen) atoms. The summed E-state index contributed by atoms with van der Waals surface area (Å²) in [5, 5.41) is 0. The van der Waals surface area contributed by atoms with Crippen LogP contribution in [0.15, 0.2) is 0 Å². The molecule has 2 aliphatic carbocycles. The summed E-state index contributed by atoms with van der Waals surface area (Å²) in [5.41, 5.74) is 1.85. The fourth-order valence-electron chi connectivity index (χ4n) is 3.82. The van der Waals surface area contributed by atoms with E-state index in [1.54, 1.807) is 0 Å². The molecule has 2 fully saturated rings. The molecule has 0 bridgehead atoms. The highest BCUT2D eigenvalue weighted by molar-refractivity contribution is 5.08. The zero-order valence-electron chi connectivity index (χ0n) is 9.74. The van der Waals surface area contributed by atoms with Gasteiger partial charge in [0.2, 0.25) is 0 Å². The van der Waals surface area contributed by atoms with Crippen LogP contribution in [0.5, 0.6) is 0 Å². The van der Waals surface area contributed by atoms with Crippen LogP contribution in [0.1, 0.15) is 66.2 Å². The summed E-state index contributed by atoms with van der Waals surface area (Å²) in [6.45, 7) is 9.98. The highest BCUT2D eigenvalue weighted by Gasteiger charge is 2.58. The first kappa shape index (κ1) is 9.55. The monoisotopic (exact) mass is 180 g/mol. The van der Waals surface area contributed by atoms with Gasteiger partial charge in [0, 0.05) is 0 Å². The van der Waals surface area contributed by atoms with E-state index in [-0.39, 0.29) is 0 Å². The number of hydrogen-bond donors (Lipinski definition) is 0. The van der Waals surface area contributed by atoms with E-state index < -0.39 is 0 Å². The third-order valence-corrected chi connectivity index (χ3v) is 5.81. The topological polar surface area (TPSA) is 0 Å². The maximum atomic E-state index is 2.52. The van der Waals surface area contributed by atoms with Gasteiger partial charge in [0.15, 0.2) is 0 Å². The van der Waals surface area contributed by atoms with E-state index in [0.29, 0.717) is 10.8 Å². The van der Waals surface area contributed by atoms with Gasteiger partial charge >= 0.3 is 0 Å². The van der Waals surface area contributed by atoms with Gasteiger partial charge in [0.25, 0.3) is 0 Å². The number of hydrogen-bond acceptors (Lipinski definition) is 0. The van der Waals surface area contributed by atoms with Gasteiger partial charge in [-0.1, -0.05) is 40.5 Å². The normalized spacial score (nSPS) is 34.2. The lowest BCUT2D eigenvalue weighted by Crippen LogP contribution is -2.38. The van der Waals surface area contributed by atoms with Crippen LogP contribution in [0, 0.1) is 16.2 Å². The van der Waals surface area contributed by atoms with E-state index in [9.17, 15) is 0 Å². The summed E-state index contributed by atoms with van der Waals surface area (Å²) < 4.78 is 0. The third kappa shape index (κ3) is 1.04. The second kappa shape index (κ2) is 2.52. The highest BCUT2D eigenvalue weighted by atomic mass is 14.6. The standard InChI is InChI=1S/C13H24/c1-11(2)9-10-13(12(11,3)4)7-5-6-8-13/h5-10H2,1-4H3. The molecule has 1 spiro atoms. The smallest absolute Gasteiger partial charge is 0.0241 e. The van der Waals surface area contributed by atoms with Crippen molar-refractivity contribution in [2.45, 2.75) is 66.2 Å². The largest absolute Gasteiger partial charge is 0.0594 e. The Morgan fingerprint density at radius 3 is 1.62 bits per heavy atom. The molecule has 0 aromatic heterocycles. The Bertz CT molecular complexity index is 204. The first-order valence-electron chi connectivity index (χ1n) is 5.91. The predicted octanol–water partition coefficient (Wildman–Crippen LogP) is 4.39. The van der Waals surface area contributed by atoms with E-state index in [4.69, 9.17) is 0 Å². The minimum absolute atomic E-state index is 0.566. The summed E-state index contributed by atoms with van der Waals surface area (Å²) in [4.78, 5) is 0. The van der Waals surface area contributed by atoms with Crippen molar-refractivity contribution in [3.8, 4) is 0 Å². The molecule has 0 heteroatoms. The fraction of sp³-hybridized carbons (Fsp3) is 1.00. The molecule has 0 amide bonds. The highest BCUT2D eigenvalue weighted by Crippen LogP contribution is 2.68. The molecule has 76 valence electrons. The van der Waals surface area contributed by atoms with E-state index in [0.717, 1.165) is 5.41 Å². The molecule has 0 saturated heterocycles. The molecular formula is C13H24. The van der Waals surface area contributed by atoms with Crippen molar-refractivity contribution >= 4 is 0 Å². The summed E-state index contributed by atoms with van der Waals surface area (Å²) in [6.07, 6.45) is 8.92. The van der Waals surface area contributed by atoms with Gasteiger partial charge in [-0.2, -0.15) is 0 Å². The minimum atomic E-state index is 0.566. The van der Waals surface area contributed by atoms with E-state index in [2.05, 4.69) is 27.7 Å². The molecule has 0 aromatic carbocycles. The van der Waals surface area contributed by atoms with Crippen molar-refractivity contribution in [1.29, 1.82) is 0 Å². The molecule has 2 rings (SSSR count). The molecule has 2 saturated carbocycles. The average Bonchev–Trinajstić information content (AvgIpc) is 2.55. The van der Waals surface area contributed by atoms with Crippen molar-refractivity contribution in [2.24, 2.45) is 16.2 Å². The lowest BCUT2D eigenvalue weighted by molar-refractivity contribution is 0.0296. The molecule has 2 aliphatic rings. The quantitative estimate of drug-likeness (QED) is 0.518. The van der Waals surface area contributed by atoms with Gasteiger partial charge in [-0.15, -0.1) is 0 Å².